The minimum absolute atomic E-state index is 0.0498. The highest BCUT2D eigenvalue weighted by molar-refractivity contribution is 5.97. The number of aryl methyl sites for hydroxylation is 1. The lowest BCUT2D eigenvalue weighted by atomic mass is 10.1. The van der Waals surface area contributed by atoms with Crippen LogP contribution in [0.15, 0.2) is 18.2 Å². The maximum absolute atomic E-state index is 12.2. The highest BCUT2D eigenvalue weighted by Gasteiger charge is 2.32. The number of hydrogen-bond acceptors (Lipinski definition) is 2. The van der Waals surface area contributed by atoms with Crippen LogP contribution in [0.2, 0.25) is 0 Å². The molecule has 0 aromatic heterocycles. The van der Waals surface area contributed by atoms with E-state index in [9.17, 15) is 9.90 Å². The smallest absolute Gasteiger partial charge is 0.257 e. The summed E-state index contributed by atoms with van der Waals surface area (Å²) in [6.07, 6.45) is 2.18. The highest BCUT2D eigenvalue weighted by atomic mass is 16.3. The maximum Gasteiger partial charge on any atom is 0.257 e. The molecule has 0 atom stereocenters. The van der Waals surface area contributed by atoms with E-state index < -0.39 is 0 Å². The summed E-state index contributed by atoms with van der Waals surface area (Å²) in [5.74, 6) is 0.0674. The van der Waals surface area contributed by atoms with E-state index in [1.54, 1.807) is 19.1 Å². The number of aromatic hydroxyl groups is 1. The van der Waals surface area contributed by atoms with Crippen molar-refractivity contribution >= 4 is 5.91 Å². The highest BCUT2D eigenvalue weighted by Crippen LogP contribution is 2.30. The molecule has 1 aliphatic rings. The van der Waals surface area contributed by atoms with Gasteiger partial charge in [-0.1, -0.05) is 12.1 Å². The summed E-state index contributed by atoms with van der Waals surface area (Å²) >= 11 is 0. The Morgan fingerprint density at radius 1 is 1.50 bits per heavy atom. The van der Waals surface area contributed by atoms with Crippen LogP contribution in [0.4, 0.5) is 0 Å². The van der Waals surface area contributed by atoms with E-state index in [-0.39, 0.29) is 11.7 Å². The molecule has 0 spiro atoms. The fourth-order valence-corrected chi connectivity index (χ4v) is 1.94. The third kappa shape index (κ3) is 1.90. The summed E-state index contributed by atoms with van der Waals surface area (Å²) in [6, 6.07) is 5.69. The number of phenolic OH excluding ortho intramolecular Hbond substituents is 1. The Labute approximate surface area is 95.7 Å². The number of rotatable bonds is 3. The topological polar surface area (TPSA) is 40.5 Å². The molecule has 3 heteroatoms. The number of nitrogens with zero attached hydrogens (tertiary/aromatic N) is 1. The van der Waals surface area contributed by atoms with E-state index in [0.29, 0.717) is 18.2 Å². The van der Waals surface area contributed by atoms with E-state index in [4.69, 9.17) is 0 Å². The predicted molar refractivity (Wildman–Crippen MR) is 62.6 cm³/mol. The molecule has 1 saturated carbocycles. The zero-order valence-electron chi connectivity index (χ0n) is 9.73. The Hall–Kier alpha value is -1.51. The summed E-state index contributed by atoms with van der Waals surface area (Å²) in [7, 11) is 0. The Kier molecular flexibility index (Phi) is 2.86. The van der Waals surface area contributed by atoms with E-state index >= 15 is 0 Å². The molecule has 0 saturated heterocycles. The number of carbonyl (C=O) groups is 1. The molecule has 86 valence electrons. The molecular formula is C13H17NO2. The third-order valence-corrected chi connectivity index (χ3v) is 3.06. The Morgan fingerprint density at radius 3 is 2.75 bits per heavy atom. The van der Waals surface area contributed by atoms with Crippen LogP contribution >= 0.6 is 0 Å². The third-order valence-electron chi connectivity index (χ3n) is 3.06. The van der Waals surface area contributed by atoms with E-state index in [1.807, 2.05) is 17.9 Å². The van der Waals surface area contributed by atoms with Crippen LogP contribution in [0.5, 0.6) is 5.75 Å². The zero-order chi connectivity index (χ0) is 11.7. The monoisotopic (exact) mass is 219 g/mol. The number of phenols is 1. The standard InChI is InChI=1S/C13H17NO2/c1-3-14(10-7-8-10)13(16)11-6-4-5-9(2)12(11)15/h4-6,10,15H,3,7-8H2,1-2H3. The van der Waals surface area contributed by atoms with Crippen molar-refractivity contribution in [1.29, 1.82) is 0 Å². The lowest BCUT2D eigenvalue weighted by Crippen LogP contribution is -2.32. The second kappa shape index (κ2) is 4.16. The molecule has 0 bridgehead atoms. The van der Waals surface area contributed by atoms with Crippen LogP contribution < -0.4 is 0 Å². The second-order valence-corrected chi connectivity index (χ2v) is 4.29. The Bertz CT molecular complexity index is 410. The molecule has 0 aliphatic heterocycles. The first-order chi connectivity index (χ1) is 7.65. The second-order valence-electron chi connectivity index (χ2n) is 4.29. The van der Waals surface area contributed by atoms with Crippen molar-refractivity contribution in [2.24, 2.45) is 0 Å². The van der Waals surface area contributed by atoms with Gasteiger partial charge in [-0.15, -0.1) is 0 Å². The van der Waals surface area contributed by atoms with Crippen LogP contribution in [-0.2, 0) is 0 Å². The largest absolute Gasteiger partial charge is 0.507 e. The normalized spacial score (nSPS) is 14.9. The minimum Gasteiger partial charge on any atom is -0.507 e. The quantitative estimate of drug-likeness (QED) is 0.847. The first-order valence-electron chi connectivity index (χ1n) is 5.74. The molecule has 0 radical (unpaired) electrons. The lowest BCUT2D eigenvalue weighted by molar-refractivity contribution is 0.0749. The number of para-hydroxylation sites is 1. The summed E-state index contributed by atoms with van der Waals surface area (Å²) in [6.45, 7) is 4.49. The Morgan fingerprint density at radius 2 is 2.19 bits per heavy atom. The number of benzene rings is 1. The van der Waals surface area contributed by atoms with Crippen molar-refractivity contribution in [3.8, 4) is 5.75 Å². The number of amides is 1. The van der Waals surface area contributed by atoms with Gasteiger partial charge >= 0.3 is 0 Å². The summed E-state index contributed by atoms with van der Waals surface area (Å²) in [4.78, 5) is 14.0. The molecule has 1 N–H and O–H groups in total. The Balaban J connectivity index is 2.28. The molecule has 1 aromatic rings. The first-order valence-corrected chi connectivity index (χ1v) is 5.74. The molecule has 2 rings (SSSR count). The molecule has 1 aliphatic carbocycles. The first kappa shape index (κ1) is 11.0. The van der Waals surface area contributed by atoms with Crippen molar-refractivity contribution in [3.05, 3.63) is 29.3 Å². The van der Waals surface area contributed by atoms with Gasteiger partial charge in [0.25, 0.3) is 5.91 Å². The fraction of sp³-hybridized carbons (Fsp3) is 0.462. The van der Waals surface area contributed by atoms with Crippen LogP contribution in [0, 0.1) is 6.92 Å². The van der Waals surface area contributed by atoms with Gasteiger partial charge in [-0.2, -0.15) is 0 Å². The van der Waals surface area contributed by atoms with Crippen molar-refractivity contribution in [2.45, 2.75) is 32.7 Å². The zero-order valence-corrected chi connectivity index (χ0v) is 9.73. The molecular weight excluding hydrogens is 202 g/mol. The van der Waals surface area contributed by atoms with E-state index in [0.717, 1.165) is 18.4 Å². The molecule has 3 nitrogen and oxygen atoms in total. The average Bonchev–Trinajstić information content (AvgIpc) is 3.07. The fourth-order valence-electron chi connectivity index (χ4n) is 1.94. The lowest BCUT2D eigenvalue weighted by Gasteiger charge is -2.21. The van der Waals surface area contributed by atoms with Crippen LogP contribution in [0.25, 0.3) is 0 Å². The van der Waals surface area contributed by atoms with Gasteiger partial charge in [-0.3, -0.25) is 4.79 Å². The molecule has 1 fully saturated rings. The van der Waals surface area contributed by atoms with Gasteiger partial charge in [0, 0.05) is 12.6 Å². The molecule has 16 heavy (non-hydrogen) atoms. The maximum atomic E-state index is 12.2. The van der Waals surface area contributed by atoms with Gasteiger partial charge in [-0.25, -0.2) is 0 Å². The van der Waals surface area contributed by atoms with E-state index in [1.165, 1.54) is 0 Å². The molecule has 1 aromatic carbocycles. The molecule has 0 unspecified atom stereocenters. The van der Waals surface area contributed by atoms with Gasteiger partial charge in [0.2, 0.25) is 0 Å². The van der Waals surface area contributed by atoms with Crippen LogP contribution in [0.1, 0.15) is 35.7 Å². The van der Waals surface area contributed by atoms with Crippen LogP contribution in [-0.4, -0.2) is 28.5 Å². The number of carbonyl (C=O) groups excluding carboxylic acids is 1. The van der Waals surface area contributed by atoms with Crippen molar-refractivity contribution in [1.82, 2.24) is 4.90 Å². The number of hydrogen-bond donors (Lipinski definition) is 1. The SMILES string of the molecule is CCN(C(=O)c1cccc(C)c1O)C1CC1. The summed E-state index contributed by atoms with van der Waals surface area (Å²) < 4.78 is 0. The predicted octanol–water partition coefficient (Wildman–Crippen LogP) is 2.33. The van der Waals surface area contributed by atoms with E-state index in [2.05, 4.69) is 0 Å². The van der Waals surface area contributed by atoms with Gasteiger partial charge < -0.3 is 10.0 Å². The van der Waals surface area contributed by atoms with Gasteiger partial charge in [0.05, 0.1) is 5.56 Å². The molecule has 1 amide bonds. The van der Waals surface area contributed by atoms with Crippen molar-refractivity contribution in [3.63, 3.8) is 0 Å². The molecule has 0 heterocycles. The van der Waals surface area contributed by atoms with Crippen molar-refractivity contribution < 1.29 is 9.90 Å². The van der Waals surface area contributed by atoms with Gasteiger partial charge in [0.15, 0.2) is 0 Å². The van der Waals surface area contributed by atoms with Crippen LogP contribution in [0.3, 0.4) is 0 Å². The van der Waals surface area contributed by atoms with Crippen molar-refractivity contribution in [2.75, 3.05) is 6.54 Å². The summed E-state index contributed by atoms with van der Waals surface area (Å²) in [5, 5.41) is 9.87. The van der Waals surface area contributed by atoms with Gasteiger partial charge in [-0.05, 0) is 38.3 Å². The minimum atomic E-state index is -0.0498. The van der Waals surface area contributed by atoms with Gasteiger partial charge in [0.1, 0.15) is 5.75 Å². The average molecular weight is 219 g/mol. The summed E-state index contributed by atoms with van der Waals surface area (Å²) in [5.41, 5.74) is 1.17.